The number of rotatable bonds is 4. The maximum atomic E-state index is 12.0. The lowest BCUT2D eigenvalue weighted by Gasteiger charge is -2.29. The van der Waals surface area contributed by atoms with Crippen molar-refractivity contribution in [1.29, 1.82) is 0 Å². The monoisotopic (exact) mass is 243 g/mol. The van der Waals surface area contributed by atoms with Gasteiger partial charge in [0.05, 0.1) is 12.1 Å². The van der Waals surface area contributed by atoms with Crippen LogP contribution >= 0.6 is 0 Å². The Morgan fingerprint density at radius 2 is 1.59 bits per heavy atom. The molecule has 100 valence electrons. The molecule has 17 heavy (non-hydrogen) atoms. The molecule has 0 saturated carbocycles. The molecule has 0 atom stereocenters. The Bertz CT molecular complexity index is 293. The number of nitrogens with one attached hydrogen (secondary N) is 2. The van der Waals surface area contributed by atoms with Crippen molar-refractivity contribution in [2.24, 2.45) is 0 Å². The van der Waals surface area contributed by atoms with E-state index >= 15 is 0 Å². The Kier molecular flexibility index (Phi) is 5.13. The summed E-state index contributed by atoms with van der Waals surface area (Å²) in [6.45, 7) is 9.36. The first-order chi connectivity index (χ1) is 7.49. The molecule has 0 aromatic rings. The third-order valence-corrected chi connectivity index (χ3v) is 2.40. The maximum absolute atomic E-state index is 12.0. The Hall–Kier alpha value is -1.10. The van der Waals surface area contributed by atoms with E-state index in [4.69, 9.17) is 0 Å². The molecule has 0 bridgehead atoms. The van der Waals surface area contributed by atoms with Gasteiger partial charge >= 0.3 is 0 Å². The highest BCUT2D eigenvalue weighted by Gasteiger charge is 2.29. The predicted molar refractivity (Wildman–Crippen MR) is 68.7 cm³/mol. The number of carbonyl (C=O) groups is 2. The van der Waals surface area contributed by atoms with Gasteiger partial charge in [0.1, 0.15) is 0 Å². The third-order valence-electron chi connectivity index (χ3n) is 2.40. The van der Waals surface area contributed by atoms with Crippen LogP contribution in [0, 0.1) is 0 Å². The molecular weight excluding hydrogens is 218 g/mol. The third kappa shape index (κ3) is 5.68. The zero-order valence-electron chi connectivity index (χ0n) is 12.0. The second-order valence-corrected chi connectivity index (χ2v) is 5.83. The molecule has 0 rings (SSSR count). The van der Waals surface area contributed by atoms with Crippen molar-refractivity contribution in [2.45, 2.75) is 45.7 Å². The van der Waals surface area contributed by atoms with E-state index in [2.05, 4.69) is 10.6 Å². The fourth-order valence-corrected chi connectivity index (χ4v) is 1.33. The van der Waals surface area contributed by atoms with Crippen LogP contribution in [0.15, 0.2) is 0 Å². The highest BCUT2D eigenvalue weighted by Crippen LogP contribution is 2.06. The quantitative estimate of drug-likeness (QED) is 0.749. The van der Waals surface area contributed by atoms with Crippen LogP contribution in [-0.4, -0.2) is 48.4 Å². The largest absolute Gasteiger partial charge is 0.350 e. The molecule has 0 aliphatic rings. The van der Waals surface area contributed by atoms with Crippen LogP contribution in [-0.2, 0) is 9.59 Å². The van der Waals surface area contributed by atoms with E-state index in [-0.39, 0.29) is 23.9 Å². The molecule has 0 radical (unpaired) electrons. The van der Waals surface area contributed by atoms with Crippen molar-refractivity contribution >= 4 is 11.8 Å². The minimum absolute atomic E-state index is 0.0706. The molecule has 2 amide bonds. The number of hydrogen-bond acceptors (Lipinski definition) is 3. The minimum Gasteiger partial charge on any atom is -0.350 e. The molecule has 0 aliphatic carbocycles. The standard InChI is InChI=1S/C12H25N3O2/c1-11(2,3)14-9(16)8-15(7)10(17)12(4,5)13-6/h13H,8H2,1-7H3,(H,14,16). The van der Waals surface area contributed by atoms with Gasteiger partial charge in [0.15, 0.2) is 0 Å². The van der Waals surface area contributed by atoms with E-state index in [1.54, 1.807) is 27.9 Å². The maximum Gasteiger partial charge on any atom is 0.242 e. The number of likely N-dealkylation sites (N-methyl/N-ethyl adjacent to an activating group) is 2. The first-order valence-corrected chi connectivity index (χ1v) is 5.75. The number of hydrogen-bond donors (Lipinski definition) is 2. The molecule has 0 aromatic heterocycles. The van der Waals surface area contributed by atoms with Crippen molar-refractivity contribution in [3.05, 3.63) is 0 Å². The van der Waals surface area contributed by atoms with Gasteiger partial charge < -0.3 is 15.5 Å². The lowest BCUT2D eigenvalue weighted by Crippen LogP contribution is -2.54. The molecule has 0 aromatic carbocycles. The van der Waals surface area contributed by atoms with E-state index in [0.717, 1.165) is 0 Å². The summed E-state index contributed by atoms with van der Waals surface area (Å²) in [6, 6.07) is 0. The van der Waals surface area contributed by atoms with Crippen LogP contribution in [0.25, 0.3) is 0 Å². The number of nitrogens with zero attached hydrogens (tertiary/aromatic N) is 1. The lowest BCUT2D eigenvalue weighted by atomic mass is 10.0. The molecule has 0 aliphatic heterocycles. The summed E-state index contributed by atoms with van der Waals surface area (Å²) in [4.78, 5) is 25.1. The predicted octanol–water partition coefficient (Wildman–Crippen LogP) is 0.358. The first kappa shape index (κ1) is 15.9. The van der Waals surface area contributed by atoms with E-state index in [9.17, 15) is 9.59 Å². The van der Waals surface area contributed by atoms with Gasteiger partial charge in [0, 0.05) is 12.6 Å². The summed E-state index contributed by atoms with van der Waals surface area (Å²) in [5.41, 5.74) is -0.934. The summed E-state index contributed by atoms with van der Waals surface area (Å²) < 4.78 is 0. The van der Waals surface area contributed by atoms with Gasteiger partial charge in [0.2, 0.25) is 11.8 Å². The molecular formula is C12H25N3O2. The molecule has 5 nitrogen and oxygen atoms in total. The van der Waals surface area contributed by atoms with Crippen LogP contribution in [0.2, 0.25) is 0 Å². The topological polar surface area (TPSA) is 61.4 Å². The van der Waals surface area contributed by atoms with Gasteiger partial charge in [-0.25, -0.2) is 0 Å². The Morgan fingerprint density at radius 1 is 1.12 bits per heavy atom. The molecule has 0 heterocycles. The van der Waals surface area contributed by atoms with Gasteiger partial charge in [-0.15, -0.1) is 0 Å². The summed E-state index contributed by atoms with van der Waals surface area (Å²) in [5.74, 6) is -0.260. The molecule has 0 fully saturated rings. The van der Waals surface area contributed by atoms with Crippen molar-refractivity contribution in [3.8, 4) is 0 Å². The molecule has 0 spiro atoms. The molecule has 0 saturated heterocycles. The van der Waals surface area contributed by atoms with Gasteiger partial charge in [-0.05, 0) is 41.7 Å². The molecule has 0 unspecified atom stereocenters. The summed E-state index contributed by atoms with van der Waals surface area (Å²) >= 11 is 0. The number of amides is 2. The highest BCUT2D eigenvalue weighted by atomic mass is 16.2. The van der Waals surface area contributed by atoms with E-state index in [0.29, 0.717) is 0 Å². The summed E-state index contributed by atoms with van der Waals surface area (Å²) in [7, 11) is 3.35. The van der Waals surface area contributed by atoms with Gasteiger partial charge in [-0.1, -0.05) is 0 Å². The van der Waals surface area contributed by atoms with Gasteiger partial charge in [-0.3, -0.25) is 9.59 Å². The van der Waals surface area contributed by atoms with Crippen molar-refractivity contribution in [2.75, 3.05) is 20.6 Å². The van der Waals surface area contributed by atoms with Gasteiger partial charge in [0.25, 0.3) is 0 Å². The summed E-state index contributed by atoms with van der Waals surface area (Å²) in [6.07, 6.45) is 0. The first-order valence-electron chi connectivity index (χ1n) is 5.75. The lowest BCUT2D eigenvalue weighted by molar-refractivity contribution is -0.139. The zero-order chi connectivity index (χ0) is 13.9. The van der Waals surface area contributed by atoms with Crippen LogP contribution in [0.1, 0.15) is 34.6 Å². The minimum atomic E-state index is -0.656. The van der Waals surface area contributed by atoms with Crippen LogP contribution in [0.3, 0.4) is 0 Å². The highest BCUT2D eigenvalue weighted by molar-refractivity contribution is 5.89. The van der Waals surface area contributed by atoms with E-state index in [1.807, 2.05) is 20.8 Å². The van der Waals surface area contributed by atoms with Gasteiger partial charge in [-0.2, -0.15) is 0 Å². The molecule has 2 N–H and O–H groups in total. The average Bonchev–Trinajstić information content (AvgIpc) is 2.13. The normalized spacial score (nSPS) is 12.2. The Labute approximate surface area is 104 Å². The fourth-order valence-electron chi connectivity index (χ4n) is 1.33. The van der Waals surface area contributed by atoms with Crippen molar-refractivity contribution in [1.82, 2.24) is 15.5 Å². The Balaban J connectivity index is 4.41. The number of carbonyl (C=O) groups excluding carboxylic acids is 2. The zero-order valence-corrected chi connectivity index (χ0v) is 12.0. The van der Waals surface area contributed by atoms with Crippen molar-refractivity contribution < 1.29 is 9.59 Å². The smallest absolute Gasteiger partial charge is 0.242 e. The van der Waals surface area contributed by atoms with E-state index in [1.165, 1.54) is 4.90 Å². The van der Waals surface area contributed by atoms with Crippen molar-refractivity contribution in [3.63, 3.8) is 0 Å². The SMILES string of the molecule is CNC(C)(C)C(=O)N(C)CC(=O)NC(C)(C)C. The summed E-state index contributed by atoms with van der Waals surface area (Å²) in [5, 5.41) is 5.74. The fraction of sp³-hybridized carbons (Fsp3) is 0.833. The molecule has 5 heteroatoms. The van der Waals surface area contributed by atoms with Crippen LogP contribution in [0.4, 0.5) is 0 Å². The van der Waals surface area contributed by atoms with Crippen LogP contribution < -0.4 is 10.6 Å². The van der Waals surface area contributed by atoms with E-state index < -0.39 is 5.54 Å². The second-order valence-electron chi connectivity index (χ2n) is 5.83. The van der Waals surface area contributed by atoms with Crippen LogP contribution in [0.5, 0.6) is 0 Å². The second kappa shape index (κ2) is 5.49. The Morgan fingerprint density at radius 3 is 1.94 bits per heavy atom. The average molecular weight is 243 g/mol.